The second-order valence-electron chi connectivity index (χ2n) is 4.22. The molecule has 0 spiro atoms. The van der Waals surface area contributed by atoms with Crippen molar-refractivity contribution in [2.45, 2.75) is 25.0 Å². The smallest absolute Gasteiger partial charge is 0.247 e. The maximum Gasteiger partial charge on any atom is 0.247 e. The van der Waals surface area contributed by atoms with Gasteiger partial charge < -0.3 is 0 Å². The first-order chi connectivity index (χ1) is 9.58. The van der Waals surface area contributed by atoms with Crippen LogP contribution in [0.15, 0.2) is 24.3 Å². The van der Waals surface area contributed by atoms with Crippen molar-refractivity contribution in [3.8, 4) is 0 Å². The monoisotopic (exact) mass is 278 g/mol. The van der Waals surface area contributed by atoms with Gasteiger partial charge in [0.15, 0.2) is 5.78 Å². The lowest BCUT2D eigenvalue weighted by molar-refractivity contribution is -0.121. The fourth-order valence-corrected chi connectivity index (χ4v) is 2.64. The molecule has 0 aliphatic carbocycles. The molecule has 1 aliphatic rings. The van der Waals surface area contributed by atoms with Gasteiger partial charge in [0, 0.05) is 19.8 Å². The van der Waals surface area contributed by atoms with Crippen LogP contribution in [0.3, 0.4) is 0 Å². The zero-order valence-electron chi connectivity index (χ0n) is 11.6. The molecule has 0 radical (unpaired) electrons. The van der Waals surface area contributed by atoms with E-state index in [1.165, 1.54) is 11.8 Å². The number of anilines is 1. The maximum absolute atomic E-state index is 12.1. The Morgan fingerprint density at radius 3 is 2.95 bits per heavy atom. The summed E-state index contributed by atoms with van der Waals surface area (Å²) in [5, 5.41) is -0.338. The predicted octanol–water partition coefficient (Wildman–Crippen LogP) is 2.27. The number of thioether (sulfide) groups is 1. The summed E-state index contributed by atoms with van der Waals surface area (Å²) in [4.78, 5) is 37.0. The molecule has 1 unspecified atom stereocenters. The van der Waals surface area contributed by atoms with Crippen molar-refractivity contribution < 1.29 is 15.8 Å². The summed E-state index contributed by atoms with van der Waals surface area (Å²) in [6.07, 6.45) is 2.14. The number of hydrogen-bond donors (Lipinski definition) is 0. The Labute approximate surface area is 117 Å². The van der Waals surface area contributed by atoms with Gasteiger partial charge in [0.2, 0.25) is 11.8 Å². The fourth-order valence-electron chi connectivity index (χ4n) is 2.02. The molecular formula is C14H15NO3S. The summed E-state index contributed by atoms with van der Waals surface area (Å²) in [5.41, 5.74) is 0.871. The van der Waals surface area contributed by atoms with Crippen LogP contribution < -0.4 is 4.90 Å². The van der Waals surface area contributed by atoms with E-state index in [9.17, 15) is 14.4 Å². The van der Waals surface area contributed by atoms with Crippen LogP contribution in [0.1, 0.15) is 31.5 Å². The molecule has 1 aromatic carbocycles. The molecule has 0 bridgehead atoms. The van der Waals surface area contributed by atoms with E-state index >= 15 is 0 Å². The van der Waals surface area contributed by atoms with E-state index in [1.54, 1.807) is 30.5 Å². The van der Waals surface area contributed by atoms with E-state index in [1.807, 2.05) is 0 Å². The lowest BCUT2D eigenvalue weighted by atomic mass is 10.1. The predicted molar refractivity (Wildman–Crippen MR) is 75.5 cm³/mol. The van der Waals surface area contributed by atoms with Crippen molar-refractivity contribution in [3.05, 3.63) is 29.8 Å². The molecular weight excluding hydrogens is 262 g/mol. The average molecular weight is 278 g/mol. The molecule has 0 aromatic heterocycles. The molecule has 1 heterocycles. The Morgan fingerprint density at radius 2 is 2.32 bits per heavy atom. The Kier molecular flexibility index (Phi) is 3.64. The van der Waals surface area contributed by atoms with Gasteiger partial charge in [-0.3, -0.25) is 14.4 Å². The van der Waals surface area contributed by atoms with Gasteiger partial charge in [-0.1, -0.05) is 19.0 Å². The first kappa shape index (κ1) is 12.4. The molecule has 1 aromatic rings. The second kappa shape index (κ2) is 5.57. The highest BCUT2D eigenvalue weighted by molar-refractivity contribution is 8.00. The summed E-state index contributed by atoms with van der Waals surface area (Å²) in [7, 11) is 0. The number of rotatable bonds is 4. The number of amides is 2. The van der Waals surface area contributed by atoms with Crippen LogP contribution in [-0.4, -0.2) is 29.1 Å². The molecule has 0 N–H and O–H groups in total. The summed E-state index contributed by atoms with van der Waals surface area (Å²) in [6, 6.07) is 6.49. The van der Waals surface area contributed by atoms with Crippen LogP contribution in [0, 0.1) is 0 Å². The van der Waals surface area contributed by atoms with E-state index in [-0.39, 0.29) is 42.6 Å². The van der Waals surface area contributed by atoms with Gasteiger partial charge in [-0.05, 0) is 18.4 Å². The first-order valence-electron chi connectivity index (χ1n) is 6.61. The third kappa shape index (κ3) is 2.56. The molecule has 1 fully saturated rings. The van der Waals surface area contributed by atoms with Crippen LogP contribution in [-0.2, 0) is 9.59 Å². The summed E-state index contributed by atoms with van der Waals surface area (Å²) in [5.74, 6) is -0.616. The number of carbonyl (C=O) groups is 3. The van der Waals surface area contributed by atoms with Crippen molar-refractivity contribution in [3.63, 3.8) is 0 Å². The van der Waals surface area contributed by atoms with Crippen LogP contribution in [0.4, 0.5) is 5.69 Å². The Bertz CT molecular complexity index is 561. The van der Waals surface area contributed by atoms with E-state index < -0.39 is 0 Å². The summed E-state index contributed by atoms with van der Waals surface area (Å²) >= 11 is 1.36. The third-order valence-electron chi connectivity index (χ3n) is 3.04. The fraction of sp³-hybridized carbons (Fsp3) is 0.357. The van der Waals surface area contributed by atoms with Crippen molar-refractivity contribution >= 4 is 35.0 Å². The normalized spacial score (nSPS) is 19.7. The lowest BCUT2D eigenvalue weighted by Gasteiger charge is -2.15. The zero-order valence-corrected chi connectivity index (χ0v) is 11.4. The highest BCUT2D eigenvalue weighted by Crippen LogP contribution is 2.28. The van der Waals surface area contributed by atoms with Gasteiger partial charge in [-0.15, -0.1) is 0 Å². The zero-order chi connectivity index (χ0) is 14.7. The number of imide groups is 1. The number of nitrogens with zero attached hydrogens (tertiary/aromatic N) is 1. The molecule has 2 rings (SSSR count). The van der Waals surface area contributed by atoms with E-state index in [2.05, 4.69) is 0 Å². The second-order valence-corrected chi connectivity index (χ2v) is 5.26. The largest absolute Gasteiger partial charge is 0.294 e. The molecule has 1 saturated heterocycles. The molecule has 100 valence electrons. The minimum absolute atomic E-state index is 0.0270. The topological polar surface area (TPSA) is 54.5 Å². The highest BCUT2D eigenvalue weighted by Gasteiger charge is 2.39. The Hall–Kier alpha value is -1.62. The first-order valence-corrected chi connectivity index (χ1v) is 7.19. The Morgan fingerprint density at radius 1 is 1.53 bits per heavy atom. The SMILES string of the molecule is [2H]CCC(=O)c1cccc(N2C(=O)CC(SC)C2=O)c1. The number of carbonyl (C=O) groups excluding carboxylic acids is 3. The lowest BCUT2D eigenvalue weighted by Crippen LogP contribution is -2.31. The number of ketones is 1. The van der Waals surface area contributed by atoms with Crippen molar-refractivity contribution in [2.24, 2.45) is 0 Å². The van der Waals surface area contributed by atoms with Gasteiger partial charge in [-0.25, -0.2) is 4.90 Å². The molecule has 4 nitrogen and oxygen atoms in total. The van der Waals surface area contributed by atoms with Gasteiger partial charge in [-0.2, -0.15) is 11.8 Å². The van der Waals surface area contributed by atoms with Crippen LogP contribution >= 0.6 is 11.8 Å². The van der Waals surface area contributed by atoms with Crippen LogP contribution in [0.2, 0.25) is 0 Å². The summed E-state index contributed by atoms with van der Waals surface area (Å²) < 4.78 is 7.08. The van der Waals surface area contributed by atoms with Crippen LogP contribution in [0.25, 0.3) is 0 Å². The standard InChI is InChI=1S/C14H15NO3S/c1-3-11(16)9-5-4-6-10(7-9)15-13(17)8-12(19-2)14(15)18/h4-7,12H,3,8H2,1-2H3/i1D. The van der Waals surface area contributed by atoms with Gasteiger partial charge >= 0.3 is 0 Å². The van der Waals surface area contributed by atoms with Gasteiger partial charge in [0.25, 0.3) is 0 Å². The molecule has 1 atom stereocenters. The maximum atomic E-state index is 12.1. The van der Waals surface area contributed by atoms with E-state index in [0.29, 0.717) is 11.3 Å². The van der Waals surface area contributed by atoms with Gasteiger partial charge in [0.05, 0.1) is 10.9 Å². The molecule has 5 heteroatoms. The molecule has 2 amide bonds. The number of Topliss-reactive ketones (excluding diaryl/α,β-unsaturated/α-hetero) is 1. The summed E-state index contributed by atoms with van der Waals surface area (Å²) in [6.45, 7) is 0.0270. The number of benzene rings is 1. The number of hydrogen-bond acceptors (Lipinski definition) is 4. The minimum Gasteiger partial charge on any atom is -0.294 e. The van der Waals surface area contributed by atoms with Gasteiger partial charge in [0.1, 0.15) is 0 Å². The minimum atomic E-state index is -0.338. The molecule has 0 saturated carbocycles. The molecule has 1 aliphatic heterocycles. The van der Waals surface area contributed by atoms with Crippen molar-refractivity contribution in [1.82, 2.24) is 0 Å². The van der Waals surface area contributed by atoms with E-state index in [4.69, 9.17) is 1.37 Å². The van der Waals surface area contributed by atoms with Crippen molar-refractivity contribution in [1.29, 1.82) is 0 Å². The van der Waals surface area contributed by atoms with E-state index in [0.717, 1.165) is 4.90 Å². The quantitative estimate of drug-likeness (QED) is 0.626. The van der Waals surface area contributed by atoms with Crippen molar-refractivity contribution in [2.75, 3.05) is 11.2 Å². The van der Waals surface area contributed by atoms with Crippen LogP contribution in [0.5, 0.6) is 0 Å². The average Bonchev–Trinajstić information content (AvgIpc) is 2.73. The Balaban J connectivity index is 2.29. The molecule has 19 heavy (non-hydrogen) atoms. The third-order valence-corrected chi connectivity index (χ3v) is 3.98. The highest BCUT2D eigenvalue weighted by atomic mass is 32.2.